The number of aromatic nitrogens is 2. The summed E-state index contributed by atoms with van der Waals surface area (Å²) in [6, 6.07) is 7.98. The van der Waals surface area contributed by atoms with Crippen molar-refractivity contribution in [2.75, 3.05) is 38.3 Å². The number of nitrogens with zero attached hydrogens (tertiary/aromatic N) is 3. The molecule has 1 aliphatic heterocycles. The molecule has 2 aromatic rings. The van der Waals surface area contributed by atoms with Gasteiger partial charge in [-0.2, -0.15) is 0 Å². The normalized spacial score (nSPS) is 13.8. The third kappa shape index (κ3) is 4.15. The zero-order valence-electron chi connectivity index (χ0n) is 16.1. The first-order valence-electron chi connectivity index (χ1n) is 9.63. The minimum Gasteiger partial charge on any atom is -0.497 e. The molecule has 1 aromatic heterocycles. The van der Waals surface area contributed by atoms with E-state index in [0.717, 1.165) is 80.6 Å². The Morgan fingerprint density at radius 2 is 1.69 bits per heavy atom. The summed E-state index contributed by atoms with van der Waals surface area (Å²) < 4.78 is 11.0. The maximum atomic E-state index is 5.70. The summed E-state index contributed by atoms with van der Waals surface area (Å²) in [6.45, 7) is 7.94. The highest BCUT2D eigenvalue weighted by atomic mass is 16.5. The van der Waals surface area contributed by atoms with Gasteiger partial charge >= 0.3 is 0 Å². The van der Waals surface area contributed by atoms with Gasteiger partial charge in [-0.05, 0) is 37.1 Å². The van der Waals surface area contributed by atoms with Crippen molar-refractivity contribution in [1.29, 1.82) is 0 Å². The SMILES string of the molecule is CCCN(CCC)c1nc(-c2ccc(OC)cc2)nc2c1CCOCC2. The van der Waals surface area contributed by atoms with Gasteiger partial charge in [0, 0.05) is 37.1 Å². The maximum Gasteiger partial charge on any atom is 0.161 e. The Bertz CT molecular complexity index is 710. The standard InChI is InChI=1S/C21H29N3O2/c1-4-12-24(13-5-2)21-18-10-14-26-15-11-19(18)22-20(23-21)16-6-8-17(25-3)9-7-16/h6-9H,4-5,10-15H2,1-3H3. The molecule has 0 N–H and O–H groups in total. The van der Waals surface area contributed by atoms with Crippen LogP contribution in [0.25, 0.3) is 11.4 Å². The zero-order chi connectivity index (χ0) is 18.4. The first kappa shape index (κ1) is 18.6. The fraction of sp³-hybridized carbons (Fsp3) is 0.524. The molecular weight excluding hydrogens is 326 g/mol. The number of rotatable bonds is 7. The first-order chi connectivity index (χ1) is 12.8. The number of anilines is 1. The van der Waals surface area contributed by atoms with Crippen LogP contribution in [0, 0.1) is 0 Å². The summed E-state index contributed by atoms with van der Waals surface area (Å²) in [7, 11) is 1.68. The van der Waals surface area contributed by atoms with E-state index >= 15 is 0 Å². The van der Waals surface area contributed by atoms with Crippen LogP contribution in [0.1, 0.15) is 37.9 Å². The molecule has 0 radical (unpaired) electrons. The Kier molecular flexibility index (Phi) is 6.45. The van der Waals surface area contributed by atoms with Crippen LogP contribution in [0.2, 0.25) is 0 Å². The summed E-state index contributed by atoms with van der Waals surface area (Å²) >= 11 is 0. The van der Waals surface area contributed by atoms with Gasteiger partial charge < -0.3 is 14.4 Å². The molecular formula is C21H29N3O2. The minimum atomic E-state index is 0.729. The van der Waals surface area contributed by atoms with Gasteiger partial charge in [0.25, 0.3) is 0 Å². The van der Waals surface area contributed by atoms with Gasteiger partial charge in [-0.3, -0.25) is 0 Å². The van der Waals surface area contributed by atoms with Crippen molar-refractivity contribution in [2.45, 2.75) is 39.5 Å². The lowest BCUT2D eigenvalue weighted by Gasteiger charge is -2.26. The maximum absolute atomic E-state index is 5.70. The van der Waals surface area contributed by atoms with Gasteiger partial charge in [0.2, 0.25) is 0 Å². The Hall–Kier alpha value is -2.14. The molecule has 0 saturated carbocycles. The van der Waals surface area contributed by atoms with Crippen LogP contribution < -0.4 is 9.64 Å². The van der Waals surface area contributed by atoms with E-state index in [1.54, 1.807) is 7.11 Å². The second-order valence-electron chi connectivity index (χ2n) is 6.62. The molecule has 0 aliphatic carbocycles. The van der Waals surface area contributed by atoms with Crippen LogP contribution in [0.4, 0.5) is 5.82 Å². The van der Waals surface area contributed by atoms with Crippen LogP contribution in [0.5, 0.6) is 5.75 Å². The average molecular weight is 355 g/mol. The molecule has 0 bridgehead atoms. The average Bonchev–Trinajstić information content (AvgIpc) is 2.92. The molecule has 140 valence electrons. The van der Waals surface area contributed by atoms with E-state index in [2.05, 4.69) is 18.7 Å². The van der Waals surface area contributed by atoms with Gasteiger partial charge in [0.1, 0.15) is 11.6 Å². The Morgan fingerprint density at radius 3 is 2.35 bits per heavy atom. The molecule has 0 unspecified atom stereocenters. The summed E-state index contributed by atoms with van der Waals surface area (Å²) in [5.74, 6) is 2.73. The molecule has 0 spiro atoms. The number of hydrogen-bond acceptors (Lipinski definition) is 5. The lowest BCUT2D eigenvalue weighted by molar-refractivity contribution is 0.146. The van der Waals surface area contributed by atoms with Crippen LogP contribution in [-0.2, 0) is 17.6 Å². The Labute approximate surface area is 156 Å². The number of ether oxygens (including phenoxy) is 2. The Balaban J connectivity index is 2.07. The first-order valence-corrected chi connectivity index (χ1v) is 9.63. The molecule has 26 heavy (non-hydrogen) atoms. The minimum absolute atomic E-state index is 0.729. The third-order valence-electron chi connectivity index (χ3n) is 4.69. The molecule has 3 rings (SSSR count). The van der Waals surface area contributed by atoms with E-state index in [0.29, 0.717) is 0 Å². The summed E-state index contributed by atoms with van der Waals surface area (Å²) in [4.78, 5) is 12.3. The second kappa shape index (κ2) is 8.99. The van der Waals surface area contributed by atoms with E-state index in [4.69, 9.17) is 19.4 Å². The van der Waals surface area contributed by atoms with E-state index in [-0.39, 0.29) is 0 Å². The van der Waals surface area contributed by atoms with Crippen molar-refractivity contribution >= 4 is 5.82 Å². The highest BCUT2D eigenvalue weighted by Crippen LogP contribution is 2.29. The predicted molar refractivity (Wildman–Crippen MR) is 105 cm³/mol. The van der Waals surface area contributed by atoms with Crippen LogP contribution in [0.3, 0.4) is 0 Å². The fourth-order valence-corrected chi connectivity index (χ4v) is 3.42. The van der Waals surface area contributed by atoms with Crippen molar-refractivity contribution in [3.63, 3.8) is 0 Å². The van der Waals surface area contributed by atoms with E-state index in [9.17, 15) is 0 Å². The quantitative estimate of drug-likeness (QED) is 0.754. The molecule has 0 saturated heterocycles. The molecule has 1 aliphatic rings. The summed E-state index contributed by atoms with van der Waals surface area (Å²) in [5, 5.41) is 0. The van der Waals surface area contributed by atoms with Gasteiger partial charge in [-0.15, -0.1) is 0 Å². The lowest BCUT2D eigenvalue weighted by Crippen LogP contribution is -2.28. The van der Waals surface area contributed by atoms with Crippen molar-refractivity contribution < 1.29 is 9.47 Å². The van der Waals surface area contributed by atoms with Gasteiger partial charge in [-0.1, -0.05) is 13.8 Å². The molecule has 0 atom stereocenters. The largest absolute Gasteiger partial charge is 0.497 e. The van der Waals surface area contributed by atoms with E-state index in [1.165, 1.54) is 5.56 Å². The molecule has 2 heterocycles. The summed E-state index contributed by atoms with van der Waals surface area (Å²) in [5.41, 5.74) is 3.42. The smallest absolute Gasteiger partial charge is 0.161 e. The highest BCUT2D eigenvalue weighted by Gasteiger charge is 2.21. The molecule has 0 amide bonds. The van der Waals surface area contributed by atoms with Gasteiger partial charge in [0.05, 0.1) is 26.0 Å². The fourth-order valence-electron chi connectivity index (χ4n) is 3.42. The van der Waals surface area contributed by atoms with Gasteiger partial charge in [-0.25, -0.2) is 9.97 Å². The van der Waals surface area contributed by atoms with Crippen LogP contribution in [0.15, 0.2) is 24.3 Å². The summed E-state index contributed by atoms with van der Waals surface area (Å²) in [6.07, 6.45) is 3.94. The molecule has 0 fully saturated rings. The molecule has 5 nitrogen and oxygen atoms in total. The number of fused-ring (bicyclic) bond motifs is 1. The number of benzene rings is 1. The van der Waals surface area contributed by atoms with E-state index in [1.807, 2.05) is 24.3 Å². The van der Waals surface area contributed by atoms with Crippen molar-refractivity contribution in [1.82, 2.24) is 9.97 Å². The topological polar surface area (TPSA) is 47.5 Å². The number of hydrogen-bond donors (Lipinski definition) is 0. The predicted octanol–water partition coefficient (Wildman–Crippen LogP) is 3.89. The highest BCUT2D eigenvalue weighted by molar-refractivity contribution is 5.61. The Morgan fingerprint density at radius 1 is 1.00 bits per heavy atom. The van der Waals surface area contributed by atoms with Crippen LogP contribution in [-0.4, -0.2) is 43.4 Å². The lowest BCUT2D eigenvalue weighted by atomic mass is 10.1. The van der Waals surface area contributed by atoms with Crippen molar-refractivity contribution in [3.05, 3.63) is 35.5 Å². The van der Waals surface area contributed by atoms with E-state index < -0.39 is 0 Å². The number of methoxy groups -OCH3 is 1. The monoisotopic (exact) mass is 355 g/mol. The zero-order valence-corrected chi connectivity index (χ0v) is 16.1. The van der Waals surface area contributed by atoms with Crippen molar-refractivity contribution in [3.8, 4) is 17.1 Å². The van der Waals surface area contributed by atoms with Crippen molar-refractivity contribution in [2.24, 2.45) is 0 Å². The molecule has 1 aromatic carbocycles. The van der Waals surface area contributed by atoms with Crippen LogP contribution >= 0.6 is 0 Å². The third-order valence-corrected chi connectivity index (χ3v) is 4.69. The molecule has 5 heteroatoms. The second-order valence-corrected chi connectivity index (χ2v) is 6.62. The van der Waals surface area contributed by atoms with Gasteiger partial charge in [0.15, 0.2) is 5.82 Å².